The molecule has 1 saturated carbocycles. The molecule has 1 heterocycles. The van der Waals surface area contributed by atoms with E-state index in [2.05, 4.69) is 15.3 Å². The molecule has 0 unspecified atom stereocenters. The van der Waals surface area contributed by atoms with E-state index < -0.39 is 0 Å². The van der Waals surface area contributed by atoms with E-state index in [1.165, 1.54) is 25.0 Å². The minimum absolute atomic E-state index is 0.799. The fourth-order valence-corrected chi connectivity index (χ4v) is 1.44. The van der Waals surface area contributed by atoms with Crippen molar-refractivity contribution in [2.24, 2.45) is 0 Å². The Morgan fingerprint density at radius 2 is 2.50 bits per heavy atom. The first-order chi connectivity index (χ1) is 5.95. The van der Waals surface area contributed by atoms with Gasteiger partial charge < -0.3 is 10.3 Å². The molecule has 1 aliphatic rings. The lowest BCUT2D eigenvalue weighted by atomic mass is 9.93. The second-order valence-corrected chi connectivity index (χ2v) is 3.41. The highest BCUT2D eigenvalue weighted by atomic mass is 14.9. The van der Waals surface area contributed by atoms with Crippen LogP contribution in [0.1, 0.15) is 25.0 Å². The van der Waals surface area contributed by atoms with Crippen LogP contribution < -0.4 is 5.32 Å². The summed E-state index contributed by atoms with van der Waals surface area (Å²) >= 11 is 0. The van der Waals surface area contributed by atoms with Gasteiger partial charge in [0.25, 0.3) is 0 Å². The van der Waals surface area contributed by atoms with Gasteiger partial charge in [-0.25, -0.2) is 4.98 Å². The van der Waals surface area contributed by atoms with Gasteiger partial charge in [-0.2, -0.15) is 0 Å². The Morgan fingerprint density at radius 3 is 3.08 bits per heavy atom. The number of H-pyrrole nitrogens is 1. The van der Waals surface area contributed by atoms with Crippen molar-refractivity contribution in [3.63, 3.8) is 0 Å². The number of aromatic amines is 1. The van der Waals surface area contributed by atoms with Crippen LogP contribution in [0.2, 0.25) is 0 Å². The average Bonchev–Trinajstić information content (AvgIpc) is 2.46. The molecule has 1 aromatic heterocycles. The maximum atomic E-state index is 3.97. The van der Waals surface area contributed by atoms with Crippen LogP contribution in [0, 0.1) is 0 Å². The van der Waals surface area contributed by atoms with Gasteiger partial charge >= 0.3 is 0 Å². The van der Waals surface area contributed by atoms with E-state index in [1.807, 2.05) is 6.20 Å². The summed E-state index contributed by atoms with van der Waals surface area (Å²) in [7, 11) is 0. The second kappa shape index (κ2) is 3.72. The van der Waals surface area contributed by atoms with E-state index in [9.17, 15) is 0 Å². The maximum absolute atomic E-state index is 3.97. The van der Waals surface area contributed by atoms with Crippen LogP contribution in [0.15, 0.2) is 12.5 Å². The highest BCUT2D eigenvalue weighted by Crippen LogP contribution is 2.17. The van der Waals surface area contributed by atoms with E-state index in [0.29, 0.717) is 0 Å². The van der Waals surface area contributed by atoms with Crippen molar-refractivity contribution < 1.29 is 0 Å². The van der Waals surface area contributed by atoms with Gasteiger partial charge in [-0.15, -0.1) is 0 Å². The predicted octanol–water partition coefficient (Wildman–Crippen LogP) is 1.09. The maximum Gasteiger partial charge on any atom is 0.0921 e. The summed E-state index contributed by atoms with van der Waals surface area (Å²) < 4.78 is 0. The fraction of sp³-hybridized carbons (Fsp3) is 0.667. The molecule has 3 heteroatoms. The first-order valence-electron chi connectivity index (χ1n) is 4.66. The smallest absolute Gasteiger partial charge is 0.0921 e. The molecule has 3 nitrogen and oxygen atoms in total. The highest BCUT2D eigenvalue weighted by Gasteiger charge is 2.15. The Hall–Kier alpha value is -0.830. The first-order valence-corrected chi connectivity index (χ1v) is 4.66. The average molecular weight is 165 g/mol. The summed E-state index contributed by atoms with van der Waals surface area (Å²) in [5, 5.41) is 3.51. The molecule has 0 atom stereocenters. The molecule has 1 aromatic rings. The molecule has 1 fully saturated rings. The third-order valence-electron chi connectivity index (χ3n) is 2.49. The van der Waals surface area contributed by atoms with Gasteiger partial charge in [0.1, 0.15) is 0 Å². The number of hydrogen-bond acceptors (Lipinski definition) is 2. The molecule has 1 aliphatic carbocycles. The summed E-state index contributed by atoms with van der Waals surface area (Å²) in [6.45, 7) is 1.08. The zero-order valence-corrected chi connectivity index (χ0v) is 7.21. The molecular formula is C9H15N3. The molecule has 66 valence electrons. The van der Waals surface area contributed by atoms with Crippen LogP contribution >= 0.6 is 0 Å². The quantitative estimate of drug-likeness (QED) is 0.701. The van der Waals surface area contributed by atoms with Crippen molar-refractivity contribution in [2.75, 3.05) is 6.54 Å². The standard InChI is InChI=1S/C9H15N3/c1-2-8(3-1)11-5-4-9-6-10-7-12-9/h6-8,11H,1-5H2,(H,10,12). The van der Waals surface area contributed by atoms with Gasteiger partial charge in [-0.3, -0.25) is 0 Å². The lowest BCUT2D eigenvalue weighted by molar-refractivity contribution is 0.341. The number of hydrogen-bond donors (Lipinski definition) is 2. The van der Waals surface area contributed by atoms with Gasteiger partial charge in [0.2, 0.25) is 0 Å². The molecule has 2 N–H and O–H groups in total. The van der Waals surface area contributed by atoms with Crippen molar-refractivity contribution in [1.82, 2.24) is 15.3 Å². The van der Waals surface area contributed by atoms with Gasteiger partial charge in [-0.1, -0.05) is 6.42 Å². The van der Waals surface area contributed by atoms with Crippen molar-refractivity contribution >= 4 is 0 Å². The predicted molar refractivity (Wildman–Crippen MR) is 47.9 cm³/mol. The summed E-state index contributed by atoms with van der Waals surface area (Å²) in [5.41, 5.74) is 1.22. The van der Waals surface area contributed by atoms with Crippen LogP contribution in [-0.2, 0) is 6.42 Å². The van der Waals surface area contributed by atoms with Crippen molar-refractivity contribution in [2.45, 2.75) is 31.7 Å². The zero-order valence-electron chi connectivity index (χ0n) is 7.21. The Bertz CT molecular complexity index is 214. The minimum atomic E-state index is 0.799. The monoisotopic (exact) mass is 165 g/mol. The number of rotatable bonds is 4. The van der Waals surface area contributed by atoms with Crippen LogP contribution in [0.4, 0.5) is 0 Å². The Kier molecular flexibility index (Phi) is 2.42. The summed E-state index contributed by atoms with van der Waals surface area (Å²) in [5.74, 6) is 0. The third kappa shape index (κ3) is 1.85. The SMILES string of the molecule is c1ncc(CCNC2CCC2)[nH]1. The van der Waals surface area contributed by atoms with E-state index in [4.69, 9.17) is 0 Å². The Morgan fingerprint density at radius 1 is 1.58 bits per heavy atom. The van der Waals surface area contributed by atoms with E-state index in [0.717, 1.165) is 19.0 Å². The first kappa shape index (κ1) is 7.80. The Labute approximate surface area is 72.6 Å². The van der Waals surface area contributed by atoms with Crippen LogP contribution in [0.5, 0.6) is 0 Å². The number of nitrogens with one attached hydrogen (secondary N) is 2. The van der Waals surface area contributed by atoms with Crippen molar-refractivity contribution in [3.8, 4) is 0 Å². The molecule has 0 radical (unpaired) electrons. The molecule has 12 heavy (non-hydrogen) atoms. The highest BCUT2D eigenvalue weighted by molar-refractivity contribution is 4.94. The number of imidazole rings is 1. The zero-order chi connectivity index (χ0) is 8.23. The Balaban J connectivity index is 1.62. The molecule has 0 aromatic carbocycles. The minimum Gasteiger partial charge on any atom is -0.348 e. The van der Waals surface area contributed by atoms with Crippen molar-refractivity contribution in [1.29, 1.82) is 0 Å². The van der Waals surface area contributed by atoms with Crippen LogP contribution in [-0.4, -0.2) is 22.6 Å². The normalized spacial score (nSPS) is 17.7. The third-order valence-corrected chi connectivity index (χ3v) is 2.49. The largest absolute Gasteiger partial charge is 0.348 e. The summed E-state index contributed by atoms with van der Waals surface area (Å²) in [6.07, 6.45) is 8.82. The molecule has 0 aliphatic heterocycles. The second-order valence-electron chi connectivity index (χ2n) is 3.41. The fourth-order valence-electron chi connectivity index (χ4n) is 1.44. The molecule has 2 rings (SSSR count). The summed E-state index contributed by atoms with van der Waals surface area (Å²) in [6, 6.07) is 0.799. The molecule has 0 bridgehead atoms. The van der Waals surface area contributed by atoms with Crippen LogP contribution in [0.25, 0.3) is 0 Å². The lowest BCUT2D eigenvalue weighted by Gasteiger charge is -2.26. The van der Waals surface area contributed by atoms with E-state index in [1.54, 1.807) is 6.33 Å². The molecule has 0 saturated heterocycles. The van der Waals surface area contributed by atoms with Gasteiger partial charge in [0.15, 0.2) is 0 Å². The van der Waals surface area contributed by atoms with E-state index in [-0.39, 0.29) is 0 Å². The lowest BCUT2D eigenvalue weighted by Crippen LogP contribution is -2.36. The van der Waals surface area contributed by atoms with E-state index >= 15 is 0 Å². The topological polar surface area (TPSA) is 40.7 Å². The van der Waals surface area contributed by atoms with Crippen LogP contribution in [0.3, 0.4) is 0 Å². The number of nitrogens with zero attached hydrogens (tertiary/aromatic N) is 1. The number of aromatic nitrogens is 2. The van der Waals surface area contributed by atoms with Gasteiger partial charge in [0, 0.05) is 30.9 Å². The van der Waals surface area contributed by atoms with Crippen molar-refractivity contribution in [3.05, 3.63) is 18.2 Å². The summed E-state index contributed by atoms with van der Waals surface area (Å²) in [4.78, 5) is 7.07. The molecule has 0 spiro atoms. The molecule has 0 amide bonds. The molecular weight excluding hydrogens is 150 g/mol. The van der Waals surface area contributed by atoms with Gasteiger partial charge in [0.05, 0.1) is 6.33 Å². The van der Waals surface area contributed by atoms with Gasteiger partial charge in [-0.05, 0) is 12.8 Å².